The summed E-state index contributed by atoms with van der Waals surface area (Å²) in [5.41, 5.74) is 1.23. The first-order valence-corrected chi connectivity index (χ1v) is 8.75. The van der Waals surface area contributed by atoms with Gasteiger partial charge < -0.3 is 15.1 Å². The van der Waals surface area contributed by atoms with Gasteiger partial charge in [0.25, 0.3) is 11.8 Å². The summed E-state index contributed by atoms with van der Waals surface area (Å²) in [6, 6.07) is 0.816. The molecule has 5 nitrogen and oxygen atoms in total. The van der Waals surface area contributed by atoms with Crippen molar-refractivity contribution in [2.45, 2.75) is 63.5 Å². The van der Waals surface area contributed by atoms with Crippen molar-refractivity contribution in [1.29, 1.82) is 0 Å². The summed E-state index contributed by atoms with van der Waals surface area (Å²) in [5.74, 6) is 0.259. The topological polar surface area (TPSA) is 53.9 Å². The Morgan fingerprint density at radius 2 is 2.00 bits per heavy atom. The van der Waals surface area contributed by atoms with Crippen molar-refractivity contribution in [3.05, 3.63) is 11.8 Å². The zero-order valence-corrected chi connectivity index (χ0v) is 13.6. The standard InChI is InChI=1S/C17H27N3O2/c1-19(11-16(21)18-13-7-8-13)12-17(22)20(15-9-10-15)14-5-3-2-4-6-14/h5,13,15H,2-4,6-12H2,1H3,(H,18,21)/p+1. The third-order valence-corrected chi connectivity index (χ3v) is 4.61. The molecule has 5 heteroatoms. The number of allylic oxidation sites excluding steroid dienone is 2. The lowest BCUT2D eigenvalue weighted by atomic mass is 10.0. The molecule has 0 spiro atoms. The average Bonchev–Trinajstić information content (AvgIpc) is 3.35. The van der Waals surface area contributed by atoms with Gasteiger partial charge in [-0.2, -0.15) is 0 Å². The fraction of sp³-hybridized carbons (Fsp3) is 0.765. The van der Waals surface area contributed by atoms with Crippen molar-refractivity contribution in [2.24, 2.45) is 0 Å². The van der Waals surface area contributed by atoms with Gasteiger partial charge in [0, 0.05) is 17.8 Å². The average molecular weight is 306 g/mol. The predicted octanol–water partition coefficient (Wildman–Crippen LogP) is 0.229. The number of carbonyl (C=O) groups excluding carboxylic acids is 2. The third kappa shape index (κ3) is 4.32. The molecule has 3 rings (SSSR count). The largest absolute Gasteiger partial charge is 0.348 e. The fourth-order valence-corrected chi connectivity index (χ4v) is 3.16. The van der Waals surface area contributed by atoms with E-state index in [1.165, 1.54) is 18.5 Å². The summed E-state index contributed by atoms with van der Waals surface area (Å²) < 4.78 is 0. The Bertz CT molecular complexity index is 467. The Balaban J connectivity index is 1.51. The molecule has 122 valence electrons. The second kappa shape index (κ2) is 6.82. The summed E-state index contributed by atoms with van der Waals surface area (Å²) in [4.78, 5) is 27.5. The molecule has 0 aromatic heterocycles. The van der Waals surface area contributed by atoms with Gasteiger partial charge >= 0.3 is 0 Å². The van der Waals surface area contributed by atoms with Crippen molar-refractivity contribution in [2.75, 3.05) is 20.1 Å². The van der Waals surface area contributed by atoms with Crippen LogP contribution in [0.25, 0.3) is 0 Å². The highest BCUT2D eigenvalue weighted by molar-refractivity contribution is 5.81. The van der Waals surface area contributed by atoms with Crippen LogP contribution in [0.1, 0.15) is 51.4 Å². The van der Waals surface area contributed by atoms with E-state index in [1.807, 2.05) is 11.9 Å². The minimum Gasteiger partial charge on any atom is -0.348 e. The first kappa shape index (κ1) is 15.5. The van der Waals surface area contributed by atoms with Crippen molar-refractivity contribution in [1.82, 2.24) is 10.2 Å². The molecule has 0 bridgehead atoms. The van der Waals surface area contributed by atoms with Gasteiger partial charge in [-0.3, -0.25) is 9.59 Å². The minimum atomic E-state index is 0.0719. The Labute approximate surface area is 132 Å². The van der Waals surface area contributed by atoms with Crippen molar-refractivity contribution >= 4 is 11.8 Å². The molecule has 1 unspecified atom stereocenters. The van der Waals surface area contributed by atoms with E-state index in [4.69, 9.17) is 0 Å². The van der Waals surface area contributed by atoms with Crippen molar-refractivity contribution in [3.8, 4) is 0 Å². The molecule has 0 radical (unpaired) electrons. The maximum absolute atomic E-state index is 12.7. The fourth-order valence-electron chi connectivity index (χ4n) is 3.16. The van der Waals surface area contributed by atoms with Crippen LogP contribution in [0.5, 0.6) is 0 Å². The molecule has 2 saturated carbocycles. The van der Waals surface area contributed by atoms with Gasteiger partial charge in [-0.05, 0) is 51.4 Å². The molecule has 0 aromatic carbocycles. The summed E-state index contributed by atoms with van der Waals surface area (Å²) in [6.45, 7) is 0.797. The molecular weight excluding hydrogens is 278 g/mol. The van der Waals surface area contributed by atoms with Gasteiger partial charge in [-0.25, -0.2) is 0 Å². The van der Waals surface area contributed by atoms with E-state index in [0.29, 0.717) is 25.2 Å². The van der Waals surface area contributed by atoms with Gasteiger partial charge in [-0.1, -0.05) is 6.08 Å². The van der Waals surface area contributed by atoms with Gasteiger partial charge in [-0.15, -0.1) is 0 Å². The normalized spacial score (nSPS) is 22.7. The number of nitrogens with one attached hydrogen (secondary N) is 2. The number of nitrogens with zero attached hydrogens (tertiary/aromatic N) is 1. The van der Waals surface area contributed by atoms with Crippen LogP contribution < -0.4 is 10.2 Å². The van der Waals surface area contributed by atoms with Gasteiger partial charge in [0.2, 0.25) is 0 Å². The van der Waals surface area contributed by atoms with Crippen LogP contribution in [0.4, 0.5) is 0 Å². The van der Waals surface area contributed by atoms with Crippen LogP contribution in [0.3, 0.4) is 0 Å². The number of quaternary nitrogens is 1. The first-order valence-electron chi connectivity index (χ1n) is 8.75. The van der Waals surface area contributed by atoms with Crippen LogP contribution in [-0.2, 0) is 9.59 Å². The Hall–Kier alpha value is -1.36. The molecule has 2 amide bonds. The lowest BCUT2D eigenvalue weighted by Crippen LogP contribution is -3.11. The highest BCUT2D eigenvalue weighted by atomic mass is 16.2. The molecule has 3 aliphatic carbocycles. The van der Waals surface area contributed by atoms with Crippen LogP contribution in [0.15, 0.2) is 11.8 Å². The number of hydrogen-bond donors (Lipinski definition) is 2. The summed E-state index contributed by atoms with van der Waals surface area (Å²) >= 11 is 0. The lowest BCUT2D eigenvalue weighted by Gasteiger charge is -2.28. The molecule has 3 aliphatic rings. The molecular formula is C17H28N3O2+. The SMILES string of the molecule is C[NH+](CC(=O)NC1CC1)CC(=O)N(C1=CCCCC1)C1CC1. The van der Waals surface area contributed by atoms with E-state index < -0.39 is 0 Å². The second-order valence-corrected chi connectivity index (χ2v) is 7.09. The second-order valence-electron chi connectivity index (χ2n) is 7.09. The number of rotatable bonds is 7. The van der Waals surface area contributed by atoms with Crippen LogP contribution in [-0.4, -0.2) is 48.9 Å². The predicted molar refractivity (Wildman–Crippen MR) is 84.2 cm³/mol. The van der Waals surface area contributed by atoms with Crippen molar-refractivity contribution < 1.29 is 14.5 Å². The Morgan fingerprint density at radius 3 is 2.59 bits per heavy atom. The number of amides is 2. The number of likely N-dealkylation sites (N-methyl/N-ethyl adjacent to an activating group) is 1. The molecule has 2 N–H and O–H groups in total. The van der Waals surface area contributed by atoms with E-state index in [0.717, 1.165) is 43.4 Å². The van der Waals surface area contributed by atoms with Crippen molar-refractivity contribution in [3.63, 3.8) is 0 Å². The minimum absolute atomic E-state index is 0.0719. The summed E-state index contributed by atoms with van der Waals surface area (Å²) in [5, 5.41) is 2.99. The van der Waals surface area contributed by atoms with Gasteiger partial charge in [0.15, 0.2) is 13.1 Å². The molecule has 22 heavy (non-hydrogen) atoms. The maximum atomic E-state index is 12.7. The third-order valence-electron chi connectivity index (χ3n) is 4.61. The number of carbonyl (C=O) groups is 2. The van der Waals surface area contributed by atoms with E-state index in [-0.39, 0.29) is 11.8 Å². The van der Waals surface area contributed by atoms with Crippen LogP contribution in [0, 0.1) is 0 Å². The quantitative estimate of drug-likeness (QED) is 0.707. The lowest BCUT2D eigenvalue weighted by molar-refractivity contribution is -0.863. The molecule has 2 fully saturated rings. The molecule has 0 saturated heterocycles. The number of hydrogen-bond acceptors (Lipinski definition) is 2. The maximum Gasteiger partial charge on any atom is 0.282 e. The smallest absolute Gasteiger partial charge is 0.282 e. The molecule has 0 heterocycles. The molecule has 0 aromatic rings. The summed E-state index contributed by atoms with van der Waals surface area (Å²) in [7, 11) is 1.94. The van der Waals surface area contributed by atoms with Crippen LogP contribution >= 0.6 is 0 Å². The van der Waals surface area contributed by atoms with E-state index in [9.17, 15) is 9.59 Å². The van der Waals surface area contributed by atoms with E-state index in [2.05, 4.69) is 11.4 Å². The van der Waals surface area contributed by atoms with E-state index in [1.54, 1.807) is 0 Å². The van der Waals surface area contributed by atoms with E-state index >= 15 is 0 Å². The van der Waals surface area contributed by atoms with Gasteiger partial charge in [0.1, 0.15) is 0 Å². The summed E-state index contributed by atoms with van der Waals surface area (Å²) in [6.07, 6.45) is 11.3. The first-order chi connectivity index (χ1) is 10.6. The van der Waals surface area contributed by atoms with Crippen LogP contribution in [0.2, 0.25) is 0 Å². The highest BCUT2D eigenvalue weighted by Crippen LogP contribution is 2.33. The zero-order chi connectivity index (χ0) is 15.5. The zero-order valence-electron chi connectivity index (χ0n) is 13.6. The van der Waals surface area contributed by atoms with Gasteiger partial charge in [0.05, 0.1) is 7.05 Å². The Morgan fingerprint density at radius 1 is 1.23 bits per heavy atom. The molecule has 1 atom stereocenters. The monoisotopic (exact) mass is 306 g/mol. The Kier molecular flexibility index (Phi) is 4.81. The molecule has 0 aliphatic heterocycles. The highest BCUT2D eigenvalue weighted by Gasteiger charge is 2.36.